The van der Waals surface area contributed by atoms with Crippen LogP contribution in [0, 0.1) is 0 Å². The summed E-state index contributed by atoms with van der Waals surface area (Å²) in [6.45, 7) is 0.493. The van der Waals surface area contributed by atoms with E-state index >= 15 is 0 Å². The molecule has 0 spiro atoms. The van der Waals surface area contributed by atoms with Crippen LogP contribution in [0.25, 0.3) is 22.8 Å². The second-order valence-electron chi connectivity index (χ2n) is 10.5. The van der Waals surface area contributed by atoms with Crippen LogP contribution in [-0.4, -0.2) is 74.9 Å². The van der Waals surface area contributed by atoms with E-state index in [2.05, 4.69) is 46.8 Å². The molecule has 0 aliphatic rings. The normalized spacial score (nSPS) is 11.3. The standard InChI is InChI=1S/C17H15F3N4OS.C9H11N5O.C7H4BrF3S/c18-17(19,20)26-14-7-5-12(6-8-14)11-13-3-1-2-4-15(13)16-21-23-24(22-16)9-10-25;10-8-4-2-1-3-7(8)9-11-13-14(12-9)5-6-15;8-5-1-3-6(4-2-5)12-7(9,10)11/h1-8,25H,9-11H2;1-4,15H,5-6,10H2;1-4H. The summed E-state index contributed by atoms with van der Waals surface area (Å²) in [5, 5.41) is 41.5. The predicted octanol–water partition coefficient (Wildman–Crippen LogP) is 7.51. The molecular formula is C33H30BrF6N9O2S2. The van der Waals surface area contributed by atoms with Gasteiger partial charge in [0.25, 0.3) is 0 Å². The minimum absolute atomic E-state index is 0.0138. The van der Waals surface area contributed by atoms with E-state index in [1.807, 2.05) is 42.5 Å². The van der Waals surface area contributed by atoms with Gasteiger partial charge in [0.1, 0.15) is 0 Å². The molecule has 0 aliphatic heterocycles. The van der Waals surface area contributed by atoms with Gasteiger partial charge in [-0.15, -0.1) is 20.4 Å². The average Bonchev–Trinajstić information content (AvgIpc) is 3.77. The summed E-state index contributed by atoms with van der Waals surface area (Å²) in [6, 6.07) is 27.1. The molecule has 0 bridgehead atoms. The molecule has 6 aromatic rings. The Hall–Kier alpha value is -4.50. The number of para-hydroxylation sites is 1. The number of nitrogens with zero attached hydrogens (tertiary/aromatic N) is 8. The minimum Gasteiger partial charge on any atom is -0.398 e. The van der Waals surface area contributed by atoms with Gasteiger partial charge in [-0.2, -0.15) is 35.9 Å². The lowest BCUT2D eigenvalue weighted by Crippen LogP contribution is -2.05. The minimum atomic E-state index is -4.29. The van der Waals surface area contributed by atoms with E-state index in [1.54, 1.807) is 30.3 Å². The van der Waals surface area contributed by atoms with Gasteiger partial charge in [0.15, 0.2) is 0 Å². The van der Waals surface area contributed by atoms with Gasteiger partial charge in [-0.05, 0) is 100 Å². The summed E-state index contributed by atoms with van der Waals surface area (Å²) in [5.74, 6) is 0.917. The zero-order valence-corrected chi connectivity index (χ0v) is 30.5. The lowest BCUT2D eigenvalue weighted by Gasteiger charge is -2.08. The Morgan fingerprint density at radius 3 is 1.57 bits per heavy atom. The molecule has 0 amide bonds. The Morgan fingerprint density at radius 1 is 0.623 bits per heavy atom. The average molecular weight is 843 g/mol. The fraction of sp³-hybridized carbons (Fsp3) is 0.212. The van der Waals surface area contributed by atoms with Crippen LogP contribution >= 0.6 is 39.5 Å². The van der Waals surface area contributed by atoms with E-state index in [1.165, 1.54) is 33.9 Å². The number of nitrogens with two attached hydrogens (primary N) is 1. The molecule has 0 aliphatic carbocycles. The number of rotatable bonds is 10. The number of thioether (sulfide) groups is 2. The number of aliphatic hydroxyl groups is 2. The fourth-order valence-corrected chi connectivity index (χ4v) is 5.67. The molecule has 0 unspecified atom stereocenters. The first-order chi connectivity index (χ1) is 25.2. The molecule has 0 fully saturated rings. The number of tetrazole rings is 2. The number of hydrogen-bond acceptors (Lipinski definition) is 11. The molecule has 2 heterocycles. The third kappa shape index (κ3) is 14.1. The van der Waals surface area contributed by atoms with Crippen LogP contribution in [-0.2, 0) is 19.5 Å². The maximum atomic E-state index is 12.4. The summed E-state index contributed by atoms with van der Waals surface area (Å²) in [7, 11) is 0. The van der Waals surface area contributed by atoms with Crippen molar-refractivity contribution in [1.82, 2.24) is 40.4 Å². The summed E-state index contributed by atoms with van der Waals surface area (Å²) in [5.41, 5.74) is 1.26. The van der Waals surface area contributed by atoms with E-state index < -0.39 is 11.0 Å². The highest BCUT2D eigenvalue weighted by Crippen LogP contribution is 2.38. The second-order valence-corrected chi connectivity index (χ2v) is 13.7. The van der Waals surface area contributed by atoms with Crippen LogP contribution in [0.2, 0.25) is 0 Å². The zero-order chi connectivity index (χ0) is 38.4. The number of halogens is 7. The van der Waals surface area contributed by atoms with Crippen LogP contribution in [0.1, 0.15) is 11.1 Å². The molecule has 0 saturated heterocycles. The molecule has 2 aromatic heterocycles. The topological polar surface area (TPSA) is 154 Å². The van der Waals surface area contributed by atoms with Crippen LogP contribution in [0.3, 0.4) is 0 Å². The first-order valence-corrected chi connectivity index (χ1v) is 17.7. The molecule has 0 atom stereocenters. The monoisotopic (exact) mass is 841 g/mol. The van der Waals surface area contributed by atoms with Gasteiger partial charge in [-0.1, -0.05) is 64.5 Å². The molecule has 53 heavy (non-hydrogen) atoms. The number of benzene rings is 4. The summed E-state index contributed by atoms with van der Waals surface area (Å²) in [4.78, 5) is 3.01. The van der Waals surface area contributed by atoms with E-state index in [9.17, 15) is 26.3 Å². The molecule has 11 nitrogen and oxygen atoms in total. The third-order valence-electron chi connectivity index (χ3n) is 6.56. The molecule has 0 radical (unpaired) electrons. The van der Waals surface area contributed by atoms with E-state index in [0.29, 0.717) is 30.3 Å². The molecule has 4 aromatic carbocycles. The van der Waals surface area contributed by atoms with Crippen molar-refractivity contribution in [3.63, 3.8) is 0 Å². The van der Waals surface area contributed by atoms with Crippen molar-refractivity contribution in [2.45, 2.75) is 40.3 Å². The summed E-state index contributed by atoms with van der Waals surface area (Å²) in [6.07, 6.45) is 0.529. The largest absolute Gasteiger partial charge is 0.446 e. The number of aliphatic hydroxyl groups excluding tert-OH is 2. The van der Waals surface area contributed by atoms with Gasteiger partial charge in [-0.25, -0.2) is 0 Å². The van der Waals surface area contributed by atoms with E-state index in [-0.39, 0.29) is 53.1 Å². The van der Waals surface area contributed by atoms with Crippen molar-refractivity contribution < 1.29 is 36.6 Å². The molecule has 6 rings (SSSR count). The number of hydrogen-bond donors (Lipinski definition) is 3. The quantitative estimate of drug-likeness (QED) is 0.0714. The van der Waals surface area contributed by atoms with Crippen LogP contribution < -0.4 is 5.73 Å². The van der Waals surface area contributed by atoms with Crippen molar-refractivity contribution in [1.29, 1.82) is 0 Å². The fourth-order valence-electron chi connectivity index (χ4n) is 4.33. The van der Waals surface area contributed by atoms with Crippen LogP contribution in [0.5, 0.6) is 0 Å². The summed E-state index contributed by atoms with van der Waals surface area (Å²) < 4.78 is 73.4. The summed E-state index contributed by atoms with van der Waals surface area (Å²) >= 11 is 2.89. The van der Waals surface area contributed by atoms with Gasteiger partial charge < -0.3 is 15.9 Å². The van der Waals surface area contributed by atoms with Gasteiger partial charge in [-0.3, -0.25) is 0 Å². The van der Waals surface area contributed by atoms with Gasteiger partial charge in [0.05, 0.1) is 26.3 Å². The zero-order valence-electron chi connectivity index (χ0n) is 27.3. The molecule has 0 saturated carbocycles. The van der Waals surface area contributed by atoms with Crippen molar-refractivity contribution in [2.75, 3.05) is 18.9 Å². The molecule has 20 heteroatoms. The van der Waals surface area contributed by atoms with Crippen molar-refractivity contribution in [3.8, 4) is 22.8 Å². The van der Waals surface area contributed by atoms with Crippen LogP contribution in [0.4, 0.5) is 32.0 Å². The van der Waals surface area contributed by atoms with Gasteiger partial charge in [0.2, 0.25) is 11.6 Å². The Balaban J connectivity index is 0.000000196. The Labute approximate surface area is 315 Å². The second kappa shape index (κ2) is 19.5. The first kappa shape index (κ1) is 41.3. The lowest BCUT2D eigenvalue weighted by atomic mass is 9.99. The van der Waals surface area contributed by atoms with Gasteiger partial charge >= 0.3 is 11.0 Å². The first-order valence-electron chi connectivity index (χ1n) is 15.3. The molecule has 280 valence electrons. The van der Waals surface area contributed by atoms with Crippen molar-refractivity contribution >= 4 is 45.1 Å². The van der Waals surface area contributed by atoms with E-state index in [0.717, 1.165) is 26.7 Å². The highest BCUT2D eigenvalue weighted by Gasteiger charge is 2.29. The number of aromatic nitrogens is 8. The van der Waals surface area contributed by atoms with E-state index in [4.69, 9.17) is 15.9 Å². The lowest BCUT2D eigenvalue weighted by molar-refractivity contribution is -0.0337. The Kier molecular flexibility index (Phi) is 15.2. The Morgan fingerprint density at radius 2 is 1.08 bits per heavy atom. The highest BCUT2D eigenvalue weighted by molar-refractivity contribution is 9.10. The number of anilines is 1. The number of alkyl halides is 6. The SMILES string of the molecule is FC(F)(F)Sc1ccc(Br)cc1.Nc1ccccc1-c1nnn(CCO)n1.OCCn1nnc(-c2ccccc2Cc2ccc(SC(F)(F)F)cc2)n1. The third-order valence-corrected chi connectivity index (χ3v) is 8.57. The smallest absolute Gasteiger partial charge is 0.398 e. The predicted molar refractivity (Wildman–Crippen MR) is 192 cm³/mol. The molecular weight excluding hydrogens is 812 g/mol. The maximum absolute atomic E-state index is 12.4. The Bertz CT molecular complexity index is 2010. The molecule has 4 N–H and O–H groups in total. The maximum Gasteiger partial charge on any atom is 0.446 e. The highest BCUT2D eigenvalue weighted by atomic mass is 79.9. The van der Waals surface area contributed by atoms with Gasteiger partial charge in [0, 0.05) is 31.1 Å². The van der Waals surface area contributed by atoms with Crippen molar-refractivity contribution in [3.05, 3.63) is 113 Å². The number of nitrogen functional groups attached to an aromatic ring is 1. The van der Waals surface area contributed by atoms with Crippen molar-refractivity contribution in [2.24, 2.45) is 0 Å². The van der Waals surface area contributed by atoms with Crippen LogP contribution in [0.15, 0.2) is 111 Å².